The van der Waals surface area contributed by atoms with E-state index in [2.05, 4.69) is 13.8 Å². The molecule has 0 saturated carbocycles. The number of carbonyl (C=O) groups is 1. The first-order valence-electron chi connectivity index (χ1n) is 11.7. The zero-order valence-corrected chi connectivity index (χ0v) is 22.7. The fourth-order valence-corrected chi connectivity index (χ4v) is 4.23. The maximum absolute atomic E-state index is 11.8. The summed E-state index contributed by atoms with van der Waals surface area (Å²) in [5.41, 5.74) is 0. The summed E-state index contributed by atoms with van der Waals surface area (Å²) in [6, 6.07) is 0. The average molecular weight is 473 g/mol. The quantitative estimate of drug-likeness (QED) is 0.129. The summed E-state index contributed by atoms with van der Waals surface area (Å²) >= 11 is 0. The SMILES string of the molecule is CCCCCCCC1(CCCCCCC)OCC(COC(=O)CCCS(=O)(=O)[O-])O1.[Na+]. The van der Waals surface area contributed by atoms with E-state index in [9.17, 15) is 17.8 Å². The third-order valence-corrected chi connectivity index (χ3v) is 6.23. The first-order valence-corrected chi connectivity index (χ1v) is 13.3. The van der Waals surface area contributed by atoms with Crippen molar-refractivity contribution in [2.24, 2.45) is 0 Å². The summed E-state index contributed by atoms with van der Waals surface area (Å²) < 4.78 is 49.3. The van der Waals surface area contributed by atoms with Gasteiger partial charge in [-0.2, -0.15) is 0 Å². The van der Waals surface area contributed by atoms with Crippen molar-refractivity contribution in [3.05, 3.63) is 0 Å². The average Bonchev–Trinajstić information content (AvgIpc) is 3.08. The van der Waals surface area contributed by atoms with Crippen molar-refractivity contribution in [1.29, 1.82) is 0 Å². The van der Waals surface area contributed by atoms with Crippen molar-refractivity contribution in [1.82, 2.24) is 0 Å². The van der Waals surface area contributed by atoms with Gasteiger partial charge in [0, 0.05) is 25.0 Å². The predicted molar refractivity (Wildman–Crippen MR) is 115 cm³/mol. The molecule has 1 aliphatic heterocycles. The van der Waals surface area contributed by atoms with E-state index in [0.29, 0.717) is 6.61 Å². The molecule has 1 heterocycles. The second kappa shape index (κ2) is 17.7. The molecule has 0 aromatic carbocycles. The number of ether oxygens (including phenoxy) is 3. The van der Waals surface area contributed by atoms with Crippen LogP contribution in [-0.2, 0) is 29.1 Å². The van der Waals surface area contributed by atoms with E-state index >= 15 is 0 Å². The number of esters is 1. The van der Waals surface area contributed by atoms with E-state index in [1.54, 1.807) is 0 Å². The fraction of sp³-hybridized carbons (Fsp3) is 0.955. The van der Waals surface area contributed by atoms with Gasteiger partial charge in [-0.05, 0) is 19.3 Å². The van der Waals surface area contributed by atoms with Crippen molar-refractivity contribution in [2.45, 2.75) is 116 Å². The molecule has 0 aromatic heterocycles. The third-order valence-electron chi connectivity index (χ3n) is 5.44. The molecule has 178 valence electrons. The number of hydrogen-bond donors (Lipinski definition) is 0. The van der Waals surface area contributed by atoms with Gasteiger partial charge in [0.1, 0.15) is 12.7 Å². The van der Waals surface area contributed by atoms with E-state index in [1.165, 1.54) is 51.4 Å². The Morgan fingerprint density at radius 2 is 1.52 bits per heavy atom. The van der Waals surface area contributed by atoms with Crippen LogP contribution in [0.5, 0.6) is 0 Å². The van der Waals surface area contributed by atoms with Crippen molar-refractivity contribution in [2.75, 3.05) is 19.0 Å². The van der Waals surface area contributed by atoms with Gasteiger partial charge >= 0.3 is 35.5 Å². The number of hydrogen-bond acceptors (Lipinski definition) is 7. The van der Waals surface area contributed by atoms with E-state index in [0.717, 1.165) is 25.7 Å². The zero-order chi connectivity index (χ0) is 22.3. The topological polar surface area (TPSA) is 102 Å². The Morgan fingerprint density at radius 3 is 2.03 bits per heavy atom. The molecule has 9 heteroatoms. The minimum absolute atomic E-state index is 0. The summed E-state index contributed by atoms with van der Waals surface area (Å²) in [7, 11) is -4.30. The molecule has 7 nitrogen and oxygen atoms in total. The predicted octanol–water partition coefficient (Wildman–Crippen LogP) is 1.69. The van der Waals surface area contributed by atoms with Crippen LogP contribution in [0.3, 0.4) is 0 Å². The molecule has 0 spiro atoms. The smallest absolute Gasteiger partial charge is 0.748 e. The van der Waals surface area contributed by atoms with Gasteiger partial charge in [0.25, 0.3) is 0 Å². The molecular formula is C22H41NaO7S. The molecule has 0 bridgehead atoms. The van der Waals surface area contributed by atoms with Crippen LogP contribution in [0.25, 0.3) is 0 Å². The Kier molecular flexibility index (Phi) is 17.9. The van der Waals surface area contributed by atoms with Crippen LogP contribution in [0.1, 0.15) is 104 Å². The molecule has 0 amide bonds. The summed E-state index contributed by atoms with van der Waals surface area (Å²) in [6.07, 6.45) is 13.1. The number of unbranched alkanes of at least 4 members (excludes halogenated alkanes) is 8. The van der Waals surface area contributed by atoms with Crippen LogP contribution >= 0.6 is 0 Å². The van der Waals surface area contributed by atoms with Gasteiger partial charge < -0.3 is 18.8 Å². The van der Waals surface area contributed by atoms with E-state index in [1.807, 2.05) is 0 Å². The molecular weight excluding hydrogens is 431 g/mol. The molecule has 0 aliphatic carbocycles. The van der Waals surface area contributed by atoms with E-state index in [4.69, 9.17) is 14.2 Å². The number of rotatable bonds is 18. The van der Waals surface area contributed by atoms with Crippen LogP contribution in [0.2, 0.25) is 0 Å². The Bertz CT molecular complexity index is 554. The normalized spacial score (nSPS) is 18.0. The van der Waals surface area contributed by atoms with Crippen LogP contribution in [-0.4, -0.2) is 49.8 Å². The van der Waals surface area contributed by atoms with Gasteiger partial charge in [0.2, 0.25) is 0 Å². The van der Waals surface area contributed by atoms with Gasteiger partial charge in [-0.1, -0.05) is 65.2 Å². The summed E-state index contributed by atoms with van der Waals surface area (Å²) in [5, 5.41) is 0. The van der Waals surface area contributed by atoms with E-state index in [-0.39, 0.29) is 55.1 Å². The third kappa shape index (κ3) is 15.7. The van der Waals surface area contributed by atoms with Crippen molar-refractivity contribution < 1.29 is 61.5 Å². The first-order chi connectivity index (χ1) is 14.3. The van der Waals surface area contributed by atoms with Gasteiger partial charge in [-0.25, -0.2) is 8.42 Å². The molecule has 0 radical (unpaired) electrons. The molecule has 1 unspecified atom stereocenters. The van der Waals surface area contributed by atoms with Crippen LogP contribution < -0.4 is 29.6 Å². The Morgan fingerprint density at radius 1 is 0.968 bits per heavy atom. The van der Waals surface area contributed by atoms with Gasteiger partial charge in [-0.3, -0.25) is 4.79 Å². The van der Waals surface area contributed by atoms with E-state index < -0.39 is 27.6 Å². The maximum atomic E-state index is 11.8. The van der Waals surface area contributed by atoms with Crippen molar-refractivity contribution >= 4 is 16.1 Å². The monoisotopic (exact) mass is 472 g/mol. The maximum Gasteiger partial charge on any atom is 1.00 e. The van der Waals surface area contributed by atoms with Crippen LogP contribution in [0.15, 0.2) is 0 Å². The molecule has 1 aliphatic rings. The summed E-state index contributed by atoms with van der Waals surface area (Å²) in [5.74, 6) is -1.64. The minimum atomic E-state index is -4.30. The van der Waals surface area contributed by atoms with Crippen molar-refractivity contribution in [3.8, 4) is 0 Å². The standard InChI is InChI=1S/C22H42O7S.Na/c1-3-5-7-9-11-15-22(16-12-10-8-6-4-2)28-19-20(29-22)18-27-21(23)14-13-17-30(24,25)26;/h20H,3-19H2,1-2H3,(H,24,25,26);/q;+1/p-1. The minimum Gasteiger partial charge on any atom is -0.748 e. The van der Waals surface area contributed by atoms with Gasteiger partial charge in [-0.15, -0.1) is 0 Å². The van der Waals surface area contributed by atoms with Gasteiger partial charge in [0.15, 0.2) is 5.79 Å². The van der Waals surface area contributed by atoms with Crippen molar-refractivity contribution in [3.63, 3.8) is 0 Å². The van der Waals surface area contributed by atoms with Crippen LogP contribution in [0.4, 0.5) is 0 Å². The molecule has 1 rings (SSSR count). The molecule has 1 atom stereocenters. The first kappa shape index (κ1) is 31.3. The Balaban J connectivity index is 0.00000900. The summed E-state index contributed by atoms with van der Waals surface area (Å²) in [6.45, 7) is 4.89. The number of carbonyl (C=O) groups excluding carboxylic acids is 1. The van der Waals surface area contributed by atoms with Crippen LogP contribution in [0, 0.1) is 0 Å². The second-order valence-corrected chi connectivity index (χ2v) is 9.86. The molecule has 0 aromatic rings. The molecule has 31 heavy (non-hydrogen) atoms. The second-order valence-electron chi connectivity index (χ2n) is 8.34. The largest absolute Gasteiger partial charge is 1.00 e. The molecule has 0 N–H and O–H groups in total. The molecule has 1 fully saturated rings. The van der Waals surface area contributed by atoms with Gasteiger partial charge in [0.05, 0.1) is 16.7 Å². The Hall–Kier alpha value is 0.300. The summed E-state index contributed by atoms with van der Waals surface area (Å²) in [4.78, 5) is 11.8. The zero-order valence-electron chi connectivity index (χ0n) is 19.9. The Labute approximate surface area is 211 Å². The fourth-order valence-electron chi connectivity index (χ4n) is 3.73. The molecule has 1 saturated heterocycles.